The molecule has 0 bridgehead atoms. The first-order valence-corrected chi connectivity index (χ1v) is 7.50. The van der Waals surface area contributed by atoms with E-state index in [2.05, 4.69) is 0 Å². The van der Waals surface area contributed by atoms with Gasteiger partial charge in [0.2, 0.25) is 0 Å². The molecule has 0 aliphatic heterocycles. The Bertz CT molecular complexity index is 696. The third kappa shape index (κ3) is 2.88. The molecule has 21 heavy (non-hydrogen) atoms. The Morgan fingerprint density at radius 2 is 1.90 bits per heavy atom. The highest BCUT2D eigenvalue weighted by Gasteiger charge is 2.33. The number of hydrogen-bond acceptors (Lipinski definition) is 2. The fourth-order valence-corrected chi connectivity index (χ4v) is 3.27. The molecule has 1 aromatic heterocycles. The van der Waals surface area contributed by atoms with Gasteiger partial charge in [0.1, 0.15) is 0 Å². The summed E-state index contributed by atoms with van der Waals surface area (Å²) in [6, 6.07) is 7.74. The van der Waals surface area contributed by atoms with Gasteiger partial charge in [-0.1, -0.05) is 12.1 Å². The van der Waals surface area contributed by atoms with Gasteiger partial charge < -0.3 is 0 Å². The second-order valence-electron chi connectivity index (χ2n) is 5.33. The van der Waals surface area contributed by atoms with Crippen LogP contribution in [-0.4, -0.2) is 5.78 Å². The van der Waals surface area contributed by atoms with Gasteiger partial charge in [0, 0.05) is 10.8 Å². The lowest BCUT2D eigenvalue weighted by molar-refractivity contribution is -0.138. The van der Waals surface area contributed by atoms with Crippen LogP contribution in [0.25, 0.3) is 10.4 Å². The van der Waals surface area contributed by atoms with E-state index in [1.165, 1.54) is 24.3 Å². The molecule has 0 atom stereocenters. The van der Waals surface area contributed by atoms with E-state index in [4.69, 9.17) is 0 Å². The van der Waals surface area contributed by atoms with E-state index in [0.29, 0.717) is 15.3 Å². The molecule has 0 spiro atoms. The number of thiophene rings is 1. The van der Waals surface area contributed by atoms with Crippen LogP contribution in [0.3, 0.4) is 0 Å². The number of aryl methyl sites for hydroxylation is 1. The van der Waals surface area contributed by atoms with Crippen LogP contribution >= 0.6 is 11.3 Å². The minimum absolute atomic E-state index is 0.120. The fraction of sp³-hybridized carbons (Fsp3) is 0.312. The van der Waals surface area contributed by atoms with E-state index in [-0.39, 0.29) is 17.3 Å². The smallest absolute Gasteiger partial charge is 0.293 e. The van der Waals surface area contributed by atoms with Crippen LogP contribution in [-0.2, 0) is 6.18 Å². The number of carbonyl (C=O) groups is 1. The molecular formula is C16H13F3OS. The average molecular weight is 310 g/mol. The molecule has 3 rings (SSSR count). The van der Waals surface area contributed by atoms with Gasteiger partial charge in [-0.05, 0) is 49.1 Å². The SMILES string of the molecule is Cc1ccc(-c2ccc(C(=O)C3CC3)s2)cc1C(F)(F)F. The molecule has 0 unspecified atom stereocenters. The van der Waals surface area contributed by atoms with Gasteiger partial charge in [0.25, 0.3) is 0 Å². The van der Waals surface area contributed by atoms with Gasteiger partial charge in [0.05, 0.1) is 10.4 Å². The van der Waals surface area contributed by atoms with Crippen molar-refractivity contribution in [3.8, 4) is 10.4 Å². The molecule has 110 valence electrons. The van der Waals surface area contributed by atoms with E-state index < -0.39 is 11.7 Å². The molecule has 1 heterocycles. The molecular weight excluding hydrogens is 297 g/mol. The standard InChI is InChI=1S/C16H13F3OS/c1-9-2-3-11(8-12(9)16(17,18)19)13-6-7-14(21-13)15(20)10-4-5-10/h2-3,6-8,10H,4-5H2,1H3. The molecule has 1 saturated carbocycles. The fourth-order valence-electron chi connectivity index (χ4n) is 2.25. The van der Waals surface area contributed by atoms with E-state index in [1.807, 2.05) is 0 Å². The van der Waals surface area contributed by atoms with Crippen LogP contribution in [0.5, 0.6) is 0 Å². The van der Waals surface area contributed by atoms with Crippen LogP contribution in [0.15, 0.2) is 30.3 Å². The lowest BCUT2D eigenvalue weighted by Gasteiger charge is -2.11. The summed E-state index contributed by atoms with van der Waals surface area (Å²) in [6.07, 6.45) is -2.51. The van der Waals surface area contributed by atoms with Gasteiger partial charge in [-0.25, -0.2) is 0 Å². The molecule has 1 aromatic carbocycles. The minimum atomic E-state index is -4.36. The highest BCUT2D eigenvalue weighted by molar-refractivity contribution is 7.17. The van der Waals surface area contributed by atoms with Crippen molar-refractivity contribution < 1.29 is 18.0 Å². The number of halogens is 3. The zero-order valence-electron chi connectivity index (χ0n) is 11.3. The van der Waals surface area contributed by atoms with Gasteiger partial charge in [-0.15, -0.1) is 11.3 Å². The van der Waals surface area contributed by atoms with Gasteiger partial charge in [-0.2, -0.15) is 13.2 Å². The topological polar surface area (TPSA) is 17.1 Å². The number of alkyl halides is 3. The van der Waals surface area contributed by atoms with Crippen molar-refractivity contribution >= 4 is 17.1 Å². The molecule has 1 aliphatic carbocycles. The summed E-state index contributed by atoms with van der Waals surface area (Å²) in [5.41, 5.74) is 0.0910. The molecule has 1 fully saturated rings. The zero-order chi connectivity index (χ0) is 15.2. The highest BCUT2D eigenvalue weighted by atomic mass is 32.1. The molecule has 0 saturated heterocycles. The zero-order valence-corrected chi connectivity index (χ0v) is 12.1. The summed E-state index contributed by atoms with van der Waals surface area (Å²) in [5.74, 6) is 0.245. The Morgan fingerprint density at radius 1 is 1.19 bits per heavy atom. The Hall–Kier alpha value is -1.62. The van der Waals surface area contributed by atoms with E-state index >= 15 is 0 Å². The van der Waals surface area contributed by atoms with E-state index in [9.17, 15) is 18.0 Å². The Balaban J connectivity index is 1.95. The molecule has 1 nitrogen and oxygen atoms in total. The van der Waals surface area contributed by atoms with Crippen molar-refractivity contribution in [2.24, 2.45) is 5.92 Å². The van der Waals surface area contributed by atoms with Crippen molar-refractivity contribution in [2.75, 3.05) is 0 Å². The van der Waals surface area contributed by atoms with Crippen molar-refractivity contribution in [3.63, 3.8) is 0 Å². The number of ketones is 1. The normalized spacial score (nSPS) is 15.2. The molecule has 5 heteroatoms. The van der Waals surface area contributed by atoms with Crippen molar-refractivity contribution in [1.82, 2.24) is 0 Å². The Morgan fingerprint density at radius 3 is 2.52 bits per heavy atom. The second-order valence-corrected chi connectivity index (χ2v) is 6.41. The summed E-state index contributed by atoms with van der Waals surface area (Å²) in [7, 11) is 0. The monoisotopic (exact) mass is 310 g/mol. The maximum Gasteiger partial charge on any atom is 0.416 e. The number of rotatable bonds is 3. The lowest BCUT2D eigenvalue weighted by Crippen LogP contribution is -2.07. The predicted octanol–water partition coefficient (Wildman–Crippen LogP) is 5.34. The molecule has 0 N–H and O–H groups in total. The first-order valence-electron chi connectivity index (χ1n) is 6.68. The van der Waals surface area contributed by atoms with Crippen LogP contribution < -0.4 is 0 Å². The maximum atomic E-state index is 12.9. The van der Waals surface area contributed by atoms with Gasteiger partial charge >= 0.3 is 6.18 Å². The summed E-state index contributed by atoms with van der Waals surface area (Å²) in [6.45, 7) is 1.45. The summed E-state index contributed by atoms with van der Waals surface area (Å²) >= 11 is 1.27. The van der Waals surface area contributed by atoms with Gasteiger partial charge in [-0.3, -0.25) is 4.79 Å². The van der Waals surface area contributed by atoms with E-state index in [0.717, 1.165) is 18.9 Å². The average Bonchev–Trinajstić information content (AvgIpc) is 3.15. The van der Waals surface area contributed by atoms with Crippen LogP contribution in [0.1, 0.15) is 33.6 Å². The Kier molecular flexibility index (Phi) is 3.40. The maximum absolute atomic E-state index is 12.9. The molecule has 2 aromatic rings. The molecule has 1 aliphatic rings. The third-order valence-electron chi connectivity index (χ3n) is 3.62. The quantitative estimate of drug-likeness (QED) is 0.700. The van der Waals surface area contributed by atoms with E-state index in [1.54, 1.807) is 18.2 Å². The van der Waals surface area contributed by atoms with Crippen molar-refractivity contribution in [1.29, 1.82) is 0 Å². The Labute approximate surface area is 124 Å². The summed E-state index contributed by atoms with van der Waals surface area (Å²) < 4.78 is 38.8. The summed E-state index contributed by atoms with van der Waals surface area (Å²) in [4.78, 5) is 13.3. The van der Waals surface area contributed by atoms with Crippen LogP contribution in [0, 0.1) is 12.8 Å². The highest BCUT2D eigenvalue weighted by Crippen LogP contribution is 2.39. The molecule has 0 amide bonds. The number of benzene rings is 1. The van der Waals surface area contributed by atoms with Gasteiger partial charge in [0.15, 0.2) is 5.78 Å². The predicted molar refractivity (Wildman–Crippen MR) is 76.5 cm³/mol. The first-order chi connectivity index (χ1) is 9.86. The molecule has 0 radical (unpaired) electrons. The number of carbonyl (C=O) groups excluding carboxylic acids is 1. The summed E-state index contributed by atoms with van der Waals surface area (Å²) in [5, 5.41) is 0. The van der Waals surface area contributed by atoms with Crippen LogP contribution in [0.4, 0.5) is 13.2 Å². The largest absolute Gasteiger partial charge is 0.416 e. The second kappa shape index (κ2) is 4.98. The third-order valence-corrected chi connectivity index (χ3v) is 4.77. The first kappa shape index (κ1) is 14.3. The number of Topliss-reactive ketones (excluding diaryl/α,β-unsaturated/α-hetero) is 1. The van der Waals surface area contributed by atoms with Crippen molar-refractivity contribution in [2.45, 2.75) is 25.9 Å². The lowest BCUT2D eigenvalue weighted by atomic mass is 10.0. The number of hydrogen-bond donors (Lipinski definition) is 0. The van der Waals surface area contributed by atoms with Crippen LogP contribution in [0.2, 0.25) is 0 Å². The van der Waals surface area contributed by atoms with Crippen molar-refractivity contribution in [3.05, 3.63) is 46.3 Å². The minimum Gasteiger partial charge on any atom is -0.293 e.